The maximum Gasteiger partial charge on any atom is 0.123 e. The second kappa shape index (κ2) is 6.30. The molecule has 3 atom stereocenters. The van der Waals surface area contributed by atoms with E-state index in [0.717, 1.165) is 25.7 Å². The summed E-state index contributed by atoms with van der Waals surface area (Å²) in [7, 11) is 0. The third kappa shape index (κ3) is 3.30. The molecule has 2 rings (SSSR count). The standard InChI is InChI=1S/C15H22FNO/c1-2-5-13-8-4-9-14(17-13)15(18)11-6-3-7-12(16)10-11/h3,6-7,10,13-15,17-18H,2,4-5,8-9H2,1H3/t13-,14+,15-/m1/s1. The molecule has 0 unspecified atom stereocenters. The van der Waals surface area contributed by atoms with Gasteiger partial charge in [0.2, 0.25) is 0 Å². The first-order valence-corrected chi connectivity index (χ1v) is 6.90. The van der Waals surface area contributed by atoms with Gasteiger partial charge in [0, 0.05) is 12.1 Å². The number of nitrogens with one attached hydrogen (secondary N) is 1. The fraction of sp³-hybridized carbons (Fsp3) is 0.600. The van der Waals surface area contributed by atoms with Crippen LogP contribution in [0.2, 0.25) is 0 Å². The van der Waals surface area contributed by atoms with Crippen molar-refractivity contribution >= 4 is 0 Å². The molecule has 3 heteroatoms. The van der Waals surface area contributed by atoms with E-state index >= 15 is 0 Å². The van der Waals surface area contributed by atoms with Crippen LogP contribution in [0.5, 0.6) is 0 Å². The largest absolute Gasteiger partial charge is 0.387 e. The fourth-order valence-corrected chi connectivity index (χ4v) is 2.80. The van der Waals surface area contributed by atoms with Crippen molar-refractivity contribution in [1.82, 2.24) is 5.32 Å². The zero-order chi connectivity index (χ0) is 13.0. The minimum absolute atomic E-state index is 0.0529. The number of aliphatic hydroxyl groups excluding tert-OH is 1. The molecule has 1 saturated heterocycles. The van der Waals surface area contributed by atoms with Gasteiger partial charge in [-0.25, -0.2) is 4.39 Å². The molecule has 0 saturated carbocycles. The van der Waals surface area contributed by atoms with Gasteiger partial charge in [0.25, 0.3) is 0 Å². The van der Waals surface area contributed by atoms with Gasteiger partial charge in [-0.2, -0.15) is 0 Å². The Bertz CT molecular complexity index is 381. The lowest BCUT2D eigenvalue weighted by Crippen LogP contribution is -2.45. The predicted molar refractivity (Wildman–Crippen MR) is 70.8 cm³/mol. The van der Waals surface area contributed by atoms with E-state index in [9.17, 15) is 9.50 Å². The van der Waals surface area contributed by atoms with Gasteiger partial charge < -0.3 is 10.4 Å². The summed E-state index contributed by atoms with van der Waals surface area (Å²) in [4.78, 5) is 0. The summed E-state index contributed by atoms with van der Waals surface area (Å²) in [6, 6.07) is 6.83. The van der Waals surface area contributed by atoms with E-state index in [-0.39, 0.29) is 11.9 Å². The first-order valence-electron chi connectivity index (χ1n) is 6.90. The number of halogens is 1. The lowest BCUT2D eigenvalue weighted by Gasteiger charge is -2.34. The molecule has 0 radical (unpaired) electrons. The first-order chi connectivity index (χ1) is 8.70. The van der Waals surface area contributed by atoms with Gasteiger partial charge >= 0.3 is 0 Å². The molecule has 0 aliphatic carbocycles. The summed E-state index contributed by atoms with van der Waals surface area (Å²) in [5.74, 6) is -0.285. The number of rotatable bonds is 4. The van der Waals surface area contributed by atoms with E-state index < -0.39 is 6.10 Å². The third-order valence-electron chi connectivity index (χ3n) is 3.73. The van der Waals surface area contributed by atoms with Crippen LogP contribution in [0.4, 0.5) is 4.39 Å². The van der Waals surface area contributed by atoms with Crippen molar-refractivity contribution < 1.29 is 9.50 Å². The van der Waals surface area contributed by atoms with Gasteiger partial charge in [-0.3, -0.25) is 0 Å². The lowest BCUT2D eigenvalue weighted by atomic mass is 9.90. The third-order valence-corrected chi connectivity index (χ3v) is 3.73. The molecule has 18 heavy (non-hydrogen) atoms. The smallest absolute Gasteiger partial charge is 0.123 e. The second-order valence-corrected chi connectivity index (χ2v) is 5.19. The summed E-state index contributed by atoms with van der Waals surface area (Å²) >= 11 is 0. The Morgan fingerprint density at radius 3 is 3.00 bits per heavy atom. The molecule has 1 aromatic rings. The van der Waals surface area contributed by atoms with Gasteiger partial charge in [-0.15, -0.1) is 0 Å². The van der Waals surface area contributed by atoms with Crippen LogP contribution in [0.3, 0.4) is 0 Å². The molecule has 1 aliphatic heterocycles. The highest BCUT2D eigenvalue weighted by Gasteiger charge is 2.27. The Kier molecular flexibility index (Phi) is 4.72. The van der Waals surface area contributed by atoms with Crippen molar-refractivity contribution in [3.8, 4) is 0 Å². The van der Waals surface area contributed by atoms with Gasteiger partial charge in [0.15, 0.2) is 0 Å². The summed E-state index contributed by atoms with van der Waals surface area (Å²) < 4.78 is 13.2. The second-order valence-electron chi connectivity index (χ2n) is 5.19. The van der Waals surface area contributed by atoms with Crippen molar-refractivity contribution in [1.29, 1.82) is 0 Å². The Morgan fingerprint density at radius 2 is 2.28 bits per heavy atom. The Hall–Kier alpha value is -0.930. The van der Waals surface area contributed by atoms with Crippen LogP contribution in [0.25, 0.3) is 0 Å². The SMILES string of the molecule is CCC[C@@H]1CCC[C@@H]([C@H](O)c2cccc(F)c2)N1. The molecule has 0 bridgehead atoms. The predicted octanol–water partition coefficient (Wildman–Crippen LogP) is 3.17. The van der Waals surface area contributed by atoms with E-state index in [1.54, 1.807) is 12.1 Å². The molecule has 2 nitrogen and oxygen atoms in total. The summed E-state index contributed by atoms with van der Waals surface area (Å²) in [5.41, 5.74) is 0.671. The average Bonchev–Trinajstić information content (AvgIpc) is 2.39. The minimum Gasteiger partial charge on any atom is -0.387 e. The van der Waals surface area contributed by atoms with Gasteiger partial charge in [-0.05, 0) is 37.0 Å². The highest BCUT2D eigenvalue weighted by Crippen LogP contribution is 2.26. The number of piperidine rings is 1. The van der Waals surface area contributed by atoms with E-state index in [0.29, 0.717) is 11.6 Å². The van der Waals surface area contributed by atoms with Crippen LogP contribution in [-0.4, -0.2) is 17.2 Å². The Labute approximate surface area is 108 Å². The number of hydrogen-bond donors (Lipinski definition) is 2. The molecule has 1 aliphatic rings. The zero-order valence-electron chi connectivity index (χ0n) is 10.9. The van der Waals surface area contributed by atoms with Crippen molar-refractivity contribution in [2.75, 3.05) is 0 Å². The maximum absolute atomic E-state index is 13.2. The lowest BCUT2D eigenvalue weighted by molar-refractivity contribution is 0.0995. The molecule has 0 spiro atoms. The summed E-state index contributed by atoms with van der Waals surface area (Å²) in [5, 5.41) is 13.8. The molecule has 0 amide bonds. The quantitative estimate of drug-likeness (QED) is 0.861. The highest BCUT2D eigenvalue weighted by molar-refractivity contribution is 5.20. The van der Waals surface area contributed by atoms with Gasteiger partial charge in [0.05, 0.1) is 6.10 Å². The van der Waals surface area contributed by atoms with Crippen LogP contribution in [0.1, 0.15) is 50.7 Å². The van der Waals surface area contributed by atoms with Gasteiger partial charge in [-0.1, -0.05) is 31.9 Å². The van der Waals surface area contributed by atoms with Crippen molar-refractivity contribution in [2.45, 2.75) is 57.2 Å². The van der Waals surface area contributed by atoms with Crippen molar-refractivity contribution in [3.05, 3.63) is 35.6 Å². The zero-order valence-corrected chi connectivity index (χ0v) is 10.9. The normalized spacial score (nSPS) is 25.9. The molecule has 1 heterocycles. The van der Waals surface area contributed by atoms with Crippen LogP contribution >= 0.6 is 0 Å². The number of aliphatic hydroxyl groups is 1. The summed E-state index contributed by atoms with van der Waals surface area (Å²) in [6.45, 7) is 2.17. The molecule has 1 aromatic carbocycles. The monoisotopic (exact) mass is 251 g/mol. The van der Waals surface area contributed by atoms with Crippen molar-refractivity contribution in [3.63, 3.8) is 0 Å². The number of hydrogen-bond acceptors (Lipinski definition) is 2. The summed E-state index contributed by atoms with van der Waals surface area (Å²) in [6.07, 6.45) is 4.96. The van der Waals surface area contributed by atoms with Gasteiger partial charge in [0.1, 0.15) is 5.82 Å². The van der Waals surface area contributed by atoms with E-state index in [1.165, 1.54) is 18.6 Å². The van der Waals surface area contributed by atoms with Crippen LogP contribution in [-0.2, 0) is 0 Å². The van der Waals surface area contributed by atoms with E-state index in [4.69, 9.17) is 0 Å². The molecule has 1 fully saturated rings. The molecule has 100 valence electrons. The molecular formula is C15H22FNO. The first kappa shape index (κ1) is 13.5. The minimum atomic E-state index is -0.611. The topological polar surface area (TPSA) is 32.3 Å². The number of benzene rings is 1. The molecule has 0 aromatic heterocycles. The Morgan fingerprint density at radius 1 is 1.44 bits per heavy atom. The molecular weight excluding hydrogens is 229 g/mol. The highest BCUT2D eigenvalue weighted by atomic mass is 19.1. The fourth-order valence-electron chi connectivity index (χ4n) is 2.80. The van der Waals surface area contributed by atoms with Crippen LogP contribution in [0.15, 0.2) is 24.3 Å². The Balaban J connectivity index is 2.02. The average molecular weight is 251 g/mol. The van der Waals surface area contributed by atoms with Crippen molar-refractivity contribution in [2.24, 2.45) is 0 Å². The van der Waals surface area contributed by atoms with E-state index in [1.807, 2.05) is 0 Å². The maximum atomic E-state index is 13.2. The van der Waals surface area contributed by atoms with E-state index in [2.05, 4.69) is 12.2 Å². The van der Waals surface area contributed by atoms with Crippen LogP contribution in [0, 0.1) is 5.82 Å². The molecule has 2 N–H and O–H groups in total. The van der Waals surface area contributed by atoms with Crippen LogP contribution < -0.4 is 5.32 Å².